The second kappa shape index (κ2) is 7.63. The summed E-state index contributed by atoms with van der Waals surface area (Å²) >= 11 is 0. The first-order chi connectivity index (χ1) is 10.6. The van der Waals surface area contributed by atoms with Crippen molar-refractivity contribution in [2.45, 2.75) is 50.5 Å². The average molecular weight is 319 g/mol. The van der Waals surface area contributed by atoms with E-state index in [0.717, 1.165) is 25.8 Å². The zero-order chi connectivity index (χ0) is 16.0. The minimum Gasteiger partial charge on any atom is -0.370 e. The molecule has 1 atom stereocenters. The molecule has 0 saturated heterocycles. The third-order valence-electron chi connectivity index (χ3n) is 3.97. The molecule has 3 nitrogen and oxygen atoms in total. The number of hydrogen-bond donors (Lipinski definition) is 0. The summed E-state index contributed by atoms with van der Waals surface area (Å²) in [6.07, 6.45) is 9.61. The van der Waals surface area contributed by atoms with E-state index < -0.39 is 9.84 Å². The van der Waals surface area contributed by atoms with Crippen molar-refractivity contribution in [2.24, 2.45) is 0 Å². The number of hydrogen-bond acceptors (Lipinski definition) is 3. The average Bonchev–Trinajstić information content (AvgIpc) is 2.51. The molecule has 1 aliphatic heterocycles. The highest BCUT2D eigenvalue weighted by Crippen LogP contribution is 2.25. The van der Waals surface area contributed by atoms with E-state index in [2.05, 4.69) is 30.9 Å². The summed E-state index contributed by atoms with van der Waals surface area (Å²) < 4.78 is 25.7. The van der Waals surface area contributed by atoms with Crippen LogP contribution in [0.15, 0.2) is 58.5 Å². The Morgan fingerprint density at radius 2 is 1.95 bits per heavy atom. The molecule has 120 valence electrons. The van der Waals surface area contributed by atoms with E-state index in [-0.39, 0.29) is 6.04 Å². The van der Waals surface area contributed by atoms with Gasteiger partial charge in [-0.05, 0) is 38.3 Å². The van der Waals surface area contributed by atoms with Crippen LogP contribution in [0.25, 0.3) is 0 Å². The highest BCUT2D eigenvalue weighted by molar-refractivity contribution is 7.95. The first-order valence-electron chi connectivity index (χ1n) is 7.99. The van der Waals surface area contributed by atoms with Crippen LogP contribution in [0.3, 0.4) is 0 Å². The standard InChI is InChI=1S/C18H25NO2S/c1-3-4-14-19-15-18(13-9-8-10-16(19)2)22(20,21)17-11-6-5-7-12-17/h5-8,10-12,15-16H,3-4,9,13-14H2,1-2H3/b10-8-,18-15+. The molecular weight excluding hydrogens is 294 g/mol. The summed E-state index contributed by atoms with van der Waals surface area (Å²) in [6, 6.07) is 8.95. The third-order valence-corrected chi connectivity index (χ3v) is 5.87. The first kappa shape index (κ1) is 16.8. The van der Waals surface area contributed by atoms with Crippen LogP contribution in [0.1, 0.15) is 39.5 Å². The molecule has 2 rings (SSSR count). The maximum absolute atomic E-state index is 12.9. The molecular formula is C18H25NO2S. The summed E-state index contributed by atoms with van der Waals surface area (Å²) in [5.74, 6) is 0. The Balaban J connectivity index is 2.35. The van der Waals surface area contributed by atoms with Crippen molar-refractivity contribution in [1.82, 2.24) is 4.90 Å². The molecule has 1 heterocycles. The molecule has 1 aromatic rings. The van der Waals surface area contributed by atoms with Crippen LogP contribution in [0.4, 0.5) is 0 Å². The molecule has 0 aliphatic carbocycles. The Hall–Kier alpha value is -1.55. The molecule has 0 amide bonds. The van der Waals surface area contributed by atoms with Gasteiger partial charge < -0.3 is 4.90 Å². The summed E-state index contributed by atoms with van der Waals surface area (Å²) in [6.45, 7) is 5.15. The van der Waals surface area contributed by atoms with Gasteiger partial charge in [0.2, 0.25) is 9.84 Å². The van der Waals surface area contributed by atoms with Gasteiger partial charge >= 0.3 is 0 Å². The number of unbranched alkanes of at least 4 members (excludes halogenated alkanes) is 1. The molecule has 0 radical (unpaired) electrons. The van der Waals surface area contributed by atoms with Gasteiger partial charge in [0, 0.05) is 18.8 Å². The van der Waals surface area contributed by atoms with Crippen molar-refractivity contribution in [3.8, 4) is 0 Å². The number of nitrogens with zero attached hydrogens (tertiary/aromatic N) is 1. The van der Waals surface area contributed by atoms with Gasteiger partial charge in [-0.3, -0.25) is 0 Å². The Labute approximate surface area is 134 Å². The van der Waals surface area contributed by atoms with Crippen LogP contribution in [0.5, 0.6) is 0 Å². The molecule has 4 heteroatoms. The van der Waals surface area contributed by atoms with Crippen molar-refractivity contribution >= 4 is 9.84 Å². The highest BCUT2D eigenvalue weighted by atomic mass is 32.2. The van der Waals surface area contributed by atoms with Gasteiger partial charge in [-0.1, -0.05) is 43.7 Å². The van der Waals surface area contributed by atoms with Gasteiger partial charge in [0.25, 0.3) is 0 Å². The lowest BCUT2D eigenvalue weighted by Gasteiger charge is -2.28. The van der Waals surface area contributed by atoms with E-state index in [1.807, 2.05) is 12.3 Å². The molecule has 0 saturated carbocycles. The van der Waals surface area contributed by atoms with Gasteiger partial charge in [0.15, 0.2) is 0 Å². The van der Waals surface area contributed by atoms with Gasteiger partial charge in [0.05, 0.1) is 9.80 Å². The van der Waals surface area contributed by atoms with E-state index in [1.54, 1.807) is 24.3 Å². The fourth-order valence-electron chi connectivity index (χ4n) is 2.56. The smallest absolute Gasteiger partial charge is 0.204 e. The normalized spacial score (nSPS) is 23.3. The largest absolute Gasteiger partial charge is 0.370 e. The van der Waals surface area contributed by atoms with Crippen molar-refractivity contribution < 1.29 is 8.42 Å². The second-order valence-corrected chi connectivity index (χ2v) is 7.71. The summed E-state index contributed by atoms with van der Waals surface area (Å²) in [5.41, 5.74) is 0. The zero-order valence-corrected chi connectivity index (χ0v) is 14.2. The lowest BCUT2D eigenvalue weighted by molar-refractivity contribution is 0.326. The number of allylic oxidation sites excluding steroid dienone is 2. The Kier molecular flexibility index (Phi) is 5.83. The van der Waals surface area contributed by atoms with Crippen LogP contribution in [0, 0.1) is 0 Å². The first-order valence-corrected chi connectivity index (χ1v) is 9.47. The molecule has 0 spiro atoms. The SMILES string of the molecule is CCCCN1/C=C(/S(=O)(=O)c2ccccc2)CC/C=C\C1C. The summed E-state index contributed by atoms with van der Waals surface area (Å²) in [5, 5.41) is 0. The van der Waals surface area contributed by atoms with Crippen LogP contribution < -0.4 is 0 Å². The lowest BCUT2D eigenvalue weighted by Crippen LogP contribution is -2.29. The molecule has 1 aromatic carbocycles. The molecule has 22 heavy (non-hydrogen) atoms. The van der Waals surface area contributed by atoms with Gasteiger partial charge in [-0.15, -0.1) is 0 Å². The van der Waals surface area contributed by atoms with Crippen molar-refractivity contribution in [2.75, 3.05) is 6.54 Å². The number of rotatable bonds is 5. The van der Waals surface area contributed by atoms with E-state index >= 15 is 0 Å². The van der Waals surface area contributed by atoms with E-state index in [4.69, 9.17) is 0 Å². The Morgan fingerprint density at radius 1 is 1.23 bits per heavy atom. The fourth-order valence-corrected chi connectivity index (χ4v) is 4.04. The van der Waals surface area contributed by atoms with Crippen molar-refractivity contribution in [3.05, 3.63) is 53.6 Å². The second-order valence-electron chi connectivity index (χ2n) is 5.71. The Bertz CT molecular complexity index is 632. The van der Waals surface area contributed by atoms with E-state index in [1.165, 1.54) is 0 Å². The molecule has 0 N–H and O–H groups in total. The lowest BCUT2D eigenvalue weighted by atomic mass is 10.1. The van der Waals surface area contributed by atoms with E-state index in [9.17, 15) is 8.42 Å². The van der Waals surface area contributed by atoms with E-state index in [0.29, 0.717) is 16.2 Å². The third kappa shape index (κ3) is 4.01. The quantitative estimate of drug-likeness (QED) is 0.765. The fraction of sp³-hybridized carbons (Fsp3) is 0.444. The summed E-state index contributed by atoms with van der Waals surface area (Å²) in [7, 11) is -3.40. The number of benzene rings is 1. The predicted molar refractivity (Wildman–Crippen MR) is 91.2 cm³/mol. The monoisotopic (exact) mass is 319 g/mol. The molecule has 1 unspecified atom stereocenters. The predicted octanol–water partition coefficient (Wildman–Crippen LogP) is 4.14. The number of sulfone groups is 1. The van der Waals surface area contributed by atoms with Crippen LogP contribution in [-0.4, -0.2) is 25.9 Å². The molecule has 0 fully saturated rings. The maximum Gasteiger partial charge on any atom is 0.204 e. The van der Waals surface area contributed by atoms with Crippen LogP contribution in [0.2, 0.25) is 0 Å². The topological polar surface area (TPSA) is 37.4 Å². The Morgan fingerprint density at radius 3 is 2.64 bits per heavy atom. The van der Waals surface area contributed by atoms with Crippen LogP contribution in [-0.2, 0) is 9.84 Å². The van der Waals surface area contributed by atoms with Gasteiger partial charge in [0.1, 0.15) is 0 Å². The zero-order valence-electron chi connectivity index (χ0n) is 13.4. The summed E-state index contributed by atoms with van der Waals surface area (Å²) in [4.78, 5) is 3.05. The van der Waals surface area contributed by atoms with Crippen LogP contribution >= 0.6 is 0 Å². The highest BCUT2D eigenvalue weighted by Gasteiger charge is 2.22. The van der Waals surface area contributed by atoms with Crippen molar-refractivity contribution in [1.29, 1.82) is 0 Å². The molecule has 1 aliphatic rings. The van der Waals surface area contributed by atoms with Gasteiger partial charge in [-0.2, -0.15) is 0 Å². The molecule has 0 bridgehead atoms. The van der Waals surface area contributed by atoms with Gasteiger partial charge in [-0.25, -0.2) is 8.42 Å². The van der Waals surface area contributed by atoms with Crippen molar-refractivity contribution in [3.63, 3.8) is 0 Å². The minimum atomic E-state index is -3.40. The maximum atomic E-state index is 12.9. The molecule has 0 aromatic heterocycles. The minimum absolute atomic E-state index is 0.229.